The summed E-state index contributed by atoms with van der Waals surface area (Å²) in [5, 5.41) is 5.88. The first kappa shape index (κ1) is 15.3. The van der Waals surface area contributed by atoms with Crippen LogP contribution in [0.2, 0.25) is 5.02 Å². The molecule has 0 aromatic heterocycles. The molecule has 6 heteroatoms. The van der Waals surface area contributed by atoms with Crippen molar-refractivity contribution in [2.75, 3.05) is 19.5 Å². The number of ether oxygens (including phenoxy) is 1. The van der Waals surface area contributed by atoms with Gasteiger partial charge in [-0.3, -0.25) is 4.79 Å². The molecule has 19 heavy (non-hydrogen) atoms. The highest BCUT2D eigenvalue weighted by molar-refractivity contribution is 6.34. The van der Waals surface area contributed by atoms with E-state index >= 15 is 0 Å². The monoisotopic (exact) mass is 284 g/mol. The molecule has 2 N–H and O–H groups in total. The number of halogens is 1. The lowest BCUT2D eigenvalue weighted by atomic mass is 10.1. The number of methoxy groups -OCH3 is 1. The Hall–Kier alpha value is -1.75. The van der Waals surface area contributed by atoms with Crippen molar-refractivity contribution in [1.82, 2.24) is 5.32 Å². The fourth-order valence-corrected chi connectivity index (χ4v) is 1.80. The summed E-state index contributed by atoms with van der Waals surface area (Å²) in [7, 11) is 2.87. The summed E-state index contributed by atoms with van der Waals surface area (Å²) in [6.45, 7) is 1.87. The Balaban J connectivity index is 2.96. The quantitative estimate of drug-likeness (QED) is 0.812. The maximum atomic E-state index is 11.6. The summed E-state index contributed by atoms with van der Waals surface area (Å²) in [6.07, 6.45) is 0.574. The van der Waals surface area contributed by atoms with Gasteiger partial charge in [0.15, 0.2) is 0 Å². The van der Waals surface area contributed by atoms with Crippen molar-refractivity contribution in [2.45, 2.75) is 19.4 Å². The number of carbonyl (C=O) groups is 2. The van der Waals surface area contributed by atoms with E-state index in [-0.39, 0.29) is 11.9 Å². The molecule has 0 bridgehead atoms. The standard InChI is InChI=1S/C13H17ClN2O3/c1-4-11(13(18)19-3)16-8-5-6-10(14)9(7-8)12(17)15-2/h5-7,11,16H,4H2,1-3H3,(H,15,17). The maximum Gasteiger partial charge on any atom is 0.328 e. The molecule has 0 aliphatic rings. The molecule has 0 saturated heterocycles. The van der Waals surface area contributed by atoms with Gasteiger partial charge in [-0.15, -0.1) is 0 Å². The molecule has 1 aromatic rings. The van der Waals surface area contributed by atoms with E-state index in [0.717, 1.165) is 0 Å². The molecular formula is C13H17ClN2O3. The van der Waals surface area contributed by atoms with Crippen LogP contribution in [-0.2, 0) is 9.53 Å². The minimum absolute atomic E-state index is 0.278. The zero-order valence-electron chi connectivity index (χ0n) is 11.1. The minimum atomic E-state index is -0.455. The summed E-state index contributed by atoms with van der Waals surface area (Å²) in [5.74, 6) is -0.626. The number of rotatable bonds is 5. The van der Waals surface area contributed by atoms with Crippen LogP contribution in [0.15, 0.2) is 18.2 Å². The van der Waals surface area contributed by atoms with Crippen LogP contribution in [0.3, 0.4) is 0 Å². The first-order chi connectivity index (χ1) is 9.03. The number of anilines is 1. The Bertz CT molecular complexity index is 477. The number of hydrogen-bond acceptors (Lipinski definition) is 4. The van der Waals surface area contributed by atoms with Crippen LogP contribution in [0.25, 0.3) is 0 Å². The van der Waals surface area contributed by atoms with Crippen molar-refractivity contribution in [2.24, 2.45) is 0 Å². The molecular weight excluding hydrogens is 268 g/mol. The van der Waals surface area contributed by atoms with Crippen LogP contribution in [0.1, 0.15) is 23.7 Å². The number of esters is 1. The van der Waals surface area contributed by atoms with Gasteiger partial charge in [0.1, 0.15) is 6.04 Å². The van der Waals surface area contributed by atoms with Gasteiger partial charge in [0.2, 0.25) is 0 Å². The van der Waals surface area contributed by atoms with Gasteiger partial charge in [-0.25, -0.2) is 4.79 Å². The fraction of sp³-hybridized carbons (Fsp3) is 0.385. The molecule has 1 atom stereocenters. The van der Waals surface area contributed by atoms with Crippen molar-refractivity contribution in [3.8, 4) is 0 Å². The second-order valence-corrected chi connectivity index (χ2v) is 4.31. The normalized spacial score (nSPS) is 11.6. The molecule has 104 valence electrons. The van der Waals surface area contributed by atoms with Gasteiger partial charge >= 0.3 is 5.97 Å². The Morgan fingerprint density at radius 1 is 1.42 bits per heavy atom. The van der Waals surface area contributed by atoms with Gasteiger partial charge in [0, 0.05) is 12.7 Å². The molecule has 0 radical (unpaired) electrons. The summed E-state index contributed by atoms with van der Waals surface area (Å²) in [4.78, 5) is 23.1. The molecule has 0 spiro atoms. The summed E-state index contributed by atoms with van der Waals surface area (Å²) in [5.41, 5.74) is 0.995. The lowest BCUT2D eigenvalue weighted by molar-refractivity contribution is -0.141. The Labute approximate surface area is 117 Å². The van der Waals surface area contributed by atoms with Crippen molar-refractivity contribution in [1.29, 1.82) is 0 Å². The predicted octanol–water partition coefficient (Wildman–Crippen LogP) is 2.06. The topological polar surface area (TPSA) is 67.4 Å². The van der Waals surface area contributed by atoms with Crippen molar-refractivity contribution in [3.63, 3.8) is 0 Å². The molecule has 5 nitrogen and oxygen atoms in total. The molecule has 0 fully saturated rings. The minimum Gasteiger partial charge on any atom is -0.467 e. The van der Waals surface area contributed by atoms with Gasteiger partial charge in [0.25, 0.3) is 5.91 Å². The summed E-state index contributed by atoms with van der Waals surface area (Å²) < 4.78 is 4.69. The van der Waals surface area contributed by atoms with E-state index in [1.165, 1.54) is 14.2 Å². The Morgan fingerprint density at radius 3 is 2.63 bits per heavy atom. The average Bonchev–Trinajstić information content (AvgIpc) is 2.44. The number of amides is 1. The van der Waals surface area contributed by atoms with Crippen LogP contribution >= 0.6 is 11.6 Å². The molecule has 0 aliphatic carbocycles. The van der Waals surface area contributed by atoms with Crippen LogP contribution in [-0.4, -0.2) is 32.1 Å². The van der Waals surface area contributed by atoms with Gasteiger partial charge in [-0.05, 0) is 24.6 Å². The third-order valence-corrected chi connectivity index (χ3v) is 3.00. The Morgan fingerprint density at radius 2 is 2.11 bits per heavy atom. The molecule has 1 rings (SSSR count). The largest absolute Gasteiger partial charge is 0.467 e. The van der Waals surface area contributed by atoms with Crippen LogP contribution in [0.4, 0.5) is 5.69 Å². The zero-order chi connectivity index (χ0) is 14.4. The van der Waals surface area contributed by atoms with Crippen LogP contribution < -0.4 is 10.6 Å². The van der Waals surface area contributed by atoms with E-state index in [1.807, 2.05) is 6.92 Å². The smallest absolute Gasteiger partial charge is 0.328 e. The maximum absolute atomic E-state index is 11.6. The van der Waals surface area contributed by atoms with E-state index in [2.05, 4.69) is 10.6 Å². The van der Waals surface area contributed by atoms with E-state index in [9.17, 15) is 9.59 Å². The van der Waals surface area contributed by atoms with Crippen molar-refractivity contribution >= 4 is 29.2 Å². The van der Waals surface area contributed by atoms with E-state index in [4.69, 9.17) is 16.3 Å². The summed E-state index contributed by atoms with van der Waals surface area (Å²) >= 11 is 5.95. The highest BCUT2D eigenvalue weighted by Crippen LogP contribution is 2.21. The molecule has 0 heterocycles. The van der Waals surface area contributed by atoms with E-state index in [1.54, 1.807) is 18.2 Å². The average molecular weight is 285 g/mol. The fourth-order valence-electron chi connectivity index (χ4n) is 1.59. The highest BCUT2D eigenvalue weighted by Gasteiger charge is 2.17. The lowest BCUT2D eigenvalue weighted by Crippen LogP contribution is -2.30. The van der Waals surface area contributed by atoms with Gasteiger partial charge in [0.05, 0.1) is 17.7 Å². The SMILES string of the molecule is CCC(Nc1ccc(Cl)c(C(=O)NC)c1)C(=O)OC. The first-order valence-electron chi connectivity index (χ1n) is 5.89. The van der Waals surface area contributed by atoms with Crippen LogP contribution in [0, 0.1) is 0 Å². The zero-order valence-corrected chi connectivity index (χ0v) is 11.9. The van der Waals surface area contributed by atoms with Crippen LogP contribution in [0.5, 0.6) is 0 Å². The van der Waals surface area contributed by atoms with Gasteiger partial charge in [-0.2, -0.15) is 0 Å². The van der Waals surface area contributed by atoms with Crippen molar-refractivity contribution in [3.05, 3.63) is 28.8 Å². The third kappa shape index (κ3) is 3.86. The molecule has 0 aliphatic heterocycles. The molecule has 1 unspecified atom stereocenters. The van der Waals surface area contributed by atoms with Gasteiger partial charge < -0.3 is 15.4 Å². The second kappa shape index (κ2) is 6.99. The van der Waals surface area contributed by atoms with E-state index in [0.29, 0.717) is 22.7 Å². The number of nitrogens with one attached hydrogen (secondary N) is 2. The first-order valence-corrected chi connectivity index (χ1v) is 6.27. The third-order valence-electron chi connectivity index (χ3n) is 2.67. The molecule has 0 saturated carbocycles. The molecule has 1 amide bonds. The number of benzene rings is 1. The molecule has 1 aromatic carbocycles. The van der Waals surface area contributed by atoms with E-state index < -0.39 is 6.04 Å². The number of carbonyl (C=O) groups excluding carboxylic acids is 2. The predicted molar refractivity (Wildman–Crippen MR) is 74.6 cm³/mol. The summed E-state index contributed by atoms with van der Waals surface area (Å²) in [6, 6.07) is 4.47. The van der Waals surface area contributed by atoms with Gasteiger partial charge in [-0.1, -0.05) is 18.5 Å². The van der Waals surface area contributed by atoms with Crippen molar-refractivity contribution < 1.29 is 14.3 Å². The highest BCUT2D eigenvalue weighted by atomic mass is 35.5. The second-order valence-electron chi connectivity index (χ2n) is 3.90. The Kier molecular flexibility index (Phi) is 5.63. The lowest BCUT2D eigenvalue weighted by Gasteiger charge is -2.16. The number of hydrogen-bond donors (Lipinski definition) is 2.